The highest BCUT2D eigenvalue weighted by Crippen LogP contribution is 2.32. The van der Waals surface area contributed by atoms with Crippen molar-refractivity contribution in [2.24, 2.45) is 18.9 Å². The first-order valence-corrected chi connectivity index (χ1v) is 14.1. The number of amides is 1. The van der Waals surface area contributed by atoms with Gasteiger partial charge in [0.25, 0.3) is 5.91 Å². The molecule has 0 atom stereocenters. The summed E-state index contributed by atoms with van der Waals surface area (Å²) in [4.78, 5) is 30.3. The fourth-order valence-corrected chi connectivity index (χ4v) is 6.32. The van der Waals surface area contributed by atoms with Crippen molar-refractivity contribution < 1.29 is 9.18 Å². The Balaban J connectivity index is 1.08. The van der Waals surface area contributed by atoms with Crippen LogP contribution in [-0.2, 0) is 13.5 Å². The van der Waals surface area contributed by atoms with Crippen LogP contribution in [0.4, 0.5) is 21.8 Å². The van der Waals surface area contributed by atoms with E-state index in [0.717, 1.165) is 42.5 Å². The van der Waals surface area contributed by atoms with Gasteiger partial charge in [-0.1, -0.05) is 0 Å². The molecule has 3 aliphatic heterocycles. The van der Waals surface area contributed by atoms with Crippen LogP contribution in [0.2, 0.25) is 0 Å². The van der Waals surface area contributed by atoms with Crippen LogP contribution in [0.1, 0.15) is 48.2 Å². The van der Waals surface area contributed by atoms with E-state index in [0.29, 0.717) is 30.0 Å². The molecule has 0 spiro atoms. The van der Waals surface area contributed by atoms with Crippen LogP contribution in [0, 0.1) is 17.7 Å². The van der Waals surface area contributed by atoms with Gasteiger partial charge in [-0.2, -0.15) is 0 Å². The lowest BCUT2D eigenvalue weighted by Gasteiger charge is -2.36. The number of halogens is 1. The lowest BCUT2D eigenvalue weighted by molar-refractivity contribution is 0.0945. The number of anilines is 3. The van der Waals surface area contributed by atoms with Crippen LogP contribution in [0.5, 0.6) is 0 Å². The summed E-state index contributed by atoms with van der Waals surface area (Å²) >= 11 is 0. The number of fused-ring (bicyclic) bond motifs is 1. The zero-order valence-corrected chi connectivity index (χ0v) is 22.8. The minimum atomic E-state index is -0.540. The maximum absolute atomic E-state index is 14.8. The Hall–Kier alpha value is -3.53. The number of piperidine rings is 2. The molecule has 10 heteroatoms. The first-order valence-electron chi connectivity index (χ1n) is 14.1. The third-order valence-electron chi connectivity index (χ3n) is 8.71. The average molecular weight is 533 g/mol. The monoisotopic (exact) mass is 532 g/mol. The van der Waals surface area contributed by atoms with E-state index in [2.05, 4.69) is 48.5 Å². The summed E-state index contributed by atoms with van der Waals surface area (Å²) in [5.41, 5.74) is 3.25. The number of nitrogens with one attached hydrogen (secondary N) is 2. The summed E-state index contributed by atoms with van der Waals surface area (Å²) < 4.78 is 16.6. The average Bonchev–Trinajstić information content (AvgIpc) is 3.29. The predicted molar refractivity (Wildman–Crippen MR) is 150 cm³/mol. The van der Waals surface area contributed by atoms with Gasteiger partial charge in [-0.25, -0.2) is 19.3 Å². The number of carbonyl (C=O) groups excluding carboxylic acids is 1. The van der Waals surface area contributed by atoms with Crippen LogP contribution in [0.3, 0.4) is 0 Å². The van der Waals surface area contributed by atoms with Gasteiger partial charge in [-0.3, -0.25) is 4.79 Å². The third kappa shape index (κ3) is 5.48. The molecule has 6 heterocycles. The third-order valence-corrected chi connectivity index (χ3v) is 8.71. The maximum atomic E-state index is 14.8. The highest BCUT2D eigenvalue weighted by Gasteiger charge is 2.26. The number of hydrogen-bond acceptors (Lipinski definition) is 7. The lowest BCUT2D eigenvalue weighted by Crippen LogP contribution is -2.36. The fourth-order valence-electron chi connectivity index (χ4n) is 6.32. The van der Waals surface area contributed by atoms with E-state index < -0.39 is 5.82 Å². The molecule has 3 aromatic heterocycles. The second-order valence-electron chi connectivity index (χ2n) is 11.3. The van der Waals surface area contributed by atoms with E-state index in [-0.39, 0.29) is 17.5 Å². The van der Waals surface area contributed by atoms with Gasteiger partial charge in [0.15, 0.2) is 5.82 Å². The van der Waals surface area contributed by atoms with E-state index in [9.17, 15) is 9.18 Å². The molecule has 0 aliphatic carbocycles. The van der Waals surface area contributed by atoms with Gasteiger partial charge in [0.05, 0.1) is 29.3 Å². The Bertz CT molecular complexity index is 1320. The van der Waals surface area contributed by atoms with Crippen molar-refractivity contribution in [2.75, 3.05) is 50.0 Å². The van der Waals surface area contributed by atoms with E-state index in [1.807, 2.05) is 23.9 Å². The molecule has 39 heavy (non-hydrogen) atoms. The van der Waals surface area contributed by atoms with Crippen LogP contribution in [0.25, 0.3) is 11.4 Å². The molecule has 0 radical (unpaired) electrons. The molecule has 0 aromatic carbocycles. The van der Waals surface area contributed by atoms with Crippen LogP contribution < -0.4 is 15.5 Å². The molecule has 0 bridgehead atoms. The smallest absolute Gasteiger partial charge is 0.253 e. The molecule has 9 nitrogen and oxygen atoms in total. The van der Waals surface area contributed by atoms with Crippen LogP contribution in [0.15, 0.2) is 30.6 Å². The molecular weight excluding hydrogens is 495 g/mol. The Labute approximate surface area is 228 Å². The lowest BCUT2D eigenvalue weighted by atomic mass is 9.83. The molecule has 6 rings (SSSR count). The van der Waals surface area contributed by atoms with Crippen molar-refractivity contribution in [2.45, 2.75) is 38.5 Å². The highest BCUT2D eigenvalue weighted by molar-refractivity contribution is 5.97. The van der Waals surface area contributed by atoms with Gasteiger partial charge in [0, 0.05) is 38.8 Å². The summed E-state index contributed by atoms with van der Waals surface area (Å²) in [6, 6.07) is 5.68. The molecule has 2 saturated heterocycles. The summed E-state index contributed by atoms with van der Waals surface area (Å²) in [7, 11) is 4.06. The number of rotatable bonds is 6. The molecule has 206 valence electrons. The summed E-state index contributed by atoms with van der Waals surface area (Å²) in [6.07, 6.45) is 10.3. The summed E-state index contributed by atoms with van der Waals surface area (Å²) in [6.45, 7) is 5.18. The summed E-state index contributed by atoms with van der Waals surface area (Å²) in [5.74, 6) is 1.89. The number of nitrogens with zero attached hydrogens (tertiary/aromatic N) is 6. The summed E-state index contributed by atoms with van der Waals surface area (Å²) in [5, 5.41) is 5.94. The van der Waals surface area contributed by atoms with Gasteiger partial charge in [0.1, 0.15) is 11.5 Å². The van der Waals surface area contributed by atoms with Crippen molar-refractivity contribution in [1.82, 2.24) is 29.7 Å². The molecular formula is C29H37FN8O. The molecule has 3 aliphatic rings. The number of pyridine rings is 1. The van der Waals surface area contributed by atoms with Crippen LogP contribution in [-0.4, -0.2) is 70.1 Å². The van der Waals surface area contributed by atoms with Gasteiger partial charge < -0.3 is 25.0 Å². The standard InChI is InChI=1S/C29H37FN8O/c1-36-11-6-19(7-12-36)15-20-8-13-38(14-9-20)21-3-4-26(32-17-21)34-29-33-18-23(30)27(35-29)25-16-22-24(37(25)2)5-10-31-28(22)39/h3-4,16-20H,5-15H2,1-2H3,(H,31,39)(H,32,33,34,35). The Morgan fingerprint density at radius 3 is 2.46 bits per heavy atom. The number of likely N-dealkylation sites (tertiary alicyclic amines) is 1. The quantitative estimate of drug-likeness (QED) is 0.496. The normalized spacial score (nSPS) is 19.2. The Morgan fingerprint density at radius 2 is 1.77 bits per heavy atom. The minimum Gasteiger partial charge on any atom is -0.370 e. The molecule has 0 saturated carbocycles. The Kier molecular flexibility index (Phi) is 7.20. The molecule has 2 N–H and O–H groups in total. The predicted octanol–water partition coefficient (Wildman–Crippen LogP) is 3.99. The second kappa shape index (κ2) is 10.9. The topological polar surface area (TPSA) is 91.2 Å². The van der Waals surface area contributed by atoms with Crippen molar-refractivity contribution in [3.8, 4) is 11.4 Å². The zero-order valence-electron chi connectivity index (χ0n) is 22.8. The van der Waals surface area contributed by atoms with Gasteiger partial charge in [0.2, 0.25) is 5.95 Å². The van der Waals surface area contributed by atoms with E-state index in [1.165, 1.54) is 45.2 Å². The molecule has 1 amide bonds. The second-order valence-corrected chi connectivity index (χ2v) is 11.3. The number of hydrogen-bond donors (Lipinski definition) is 2. The first kappa shape index (κ1) is 25.7. The van der Waals surface area contributed by atoms with E-state index in [4.69, 9.17) is 0 Å². The zero-order chi connectivity index (χ0) is 26.9. The minimum absolute atomic E-state index is 0.142. The SMILES string of the molecule is CN1CCC(CC2CCN(c3ccc(Nc4ncc(F)c(-c5cc6c(n5C)CCNC6=O)n4)nc3)CC2)CC1. The number of carbonyl (C=O) groups is 1. The van der Waals surface area contributed by atoms with Crippen molar-refractivity contribution in [3.63, 3.8) is 0 Å². The molecule has 2 fully saturated rings. The fraction of sp³-hybridized carbons (Fsp3) is 0.517. The molecule has 0 unspecified atom stereocenters. The highest BCUT2D eigenvalue weighted by atomic mass is 19.1. The van der Waals surface area contributed by atoms with Gasteiger partial charge >= 0.3 is 0 Å². The van der Waals surface area contributed by atoms with Crippen LogP contribution >= 0.6 is 0 Å². The first-order chi connectivity index (χ1) is 18.9. The van der Waals surface area contributed by atoms with Crippen molar-refractivity contribution in [1.29, 1.82) is 0 Å². The largest absolute Gasteiger partial charge is 0.370 e. The number of aromatic nitrogens is 4. The van der Waals surface area contributed by atoms with E-state index >= 15 is 0 Å². The molecule has 3 aromatic rings. The Morgan fingerprint density at radius 1 is 1.03 bits per heavy atom. The van der Waals surface area contributed by atoms with Gasteiger partial charge in [-0.15, -0.1) is 0 Å². The van der Waals surface area contributed by atoms with Gasteiger partial charge in [-0.05, 0) is 82.3 Å². The van der Waals surface area contributed by atoms with Crippen molar-refractivity contribution >= 4 is 23.4 Å². The maximum Gasteiger partial charge on any atom is 0.253 e. The van der Waals surface area contributed by atoms with E-state index in [1.54, 1.807) is 6.07 Å². The van der Waals surface area contributed by atoms with Crippen molar-refractivity contribution in [3.05, 3.63) is 47.7 Å².